The second kappa shape index (κ2) is 5.43. The van der Waals surface area contributed by atoms with Crippen molar-refractivity contribution in [3.05, 3.63) is 28.8 Å². The van der Waals surface area contributed by atoms with Gasteiger partial charge in [0.05, 0.1) is 5.56 Å². The number of carbonyl (C=O) groups excluding carboxylic acids is 1. The second-order valence-electron chi connectivity index (χ2n) is 5.48. The van der Waals surface area contributed by atoms with Crippen LogP contribution in [0.5, 0.6) is 0 Å². The van der Waals surface area contributed by atoms with Crippen LogP contribution in [-0.2, 0) is 4.79 Å². The first-order chi connectivity index (χ1) is 8.69. The molecule has 2 N–H and O–H groups in total. The van der Waals surface area contributed by atoms with Gasteiger partial charge in [0.2, 0.25) is 5.91 Å². The quantitative estimate of drug-likeness (QED) is 0.875. The minimum Gasteiger partial charge on any atom is -0.478 e. The Morgan fingerprint density at radius 1 is 1.21 bits per heavy atom. The molecule has 0 aliphatic rings. The zero-order chi connectivity index (χ0) is 14.8. The average Bonchev–Trinajstić information content (AvgIpc) is 2.31. The normalized spacial score (nSPS) is 11.2. The molecule has 1 rings (SSSR count). The van der Waals surface area contributed by atoms with Gasteiger partial charge in [-0.25, -0.2) is 4.79 Å². The first-order valence-corrected chi connectivity index (χ1v) is 6.35. The standard InChI is InChI=1S/C15H21NO3/c1-6-15(4,5)14(19)16-12-8-11(13(17)18)9(2)7-10(12)3/h7-8H,6H2,1-5H3,(H,16,19)(H,17,18). The third-order valence-electron chi connectivity index (χ3n) is 3.55. The Morgan fingerprint density at radius 2 is 1.79 bits per heavy atom. The van der Waals surface area contributed by atoms with E-state index >= 15 is 0 Å². The maximum absolute atomic E-state index is 12.1. The molecule has 0 aliphatic heterocycles. The maximum atomic E-state index is 12.1. The van der Waals surface area contributed by atoms with Gasteiger partial charge >= 0.3 is 5.97 Å². The van der Waals surface area contributed by atoms with Crippen LogP contribution in [0.25, 0.3) is 0 Å². The zero-order valence-corrected chi connectivity index (χ0v) is 12.1. The van der Waals surface area contributed by atoms with Gasteiger partial charge < -0.3 is 10.4 Å². The fraction of sp³-hybridized carbons (Fsp3) is 0.467. The fourth-order valence-electron chi connectivity index (χ4n) is 1.67. The van der Waals surface area contributed by atoms with E-state index in [4.69, 9.17) is 5.11 Å². The number of rotatable bonds is 4. The lowest BCUT2D eigenvalue weighted by molar-refractivity contribution is -0.124. The van der Waals surface area contributed by atoms with Crippen molar-refractivity contribution in [2.75, 3.05) is 5.32 Å². The molecule has 4 nitrogen and oxygen atoms in total. The van der Waals surface area contributed by atoms with Crippen LogP contribution in [0.2, 0.25) is 0 Å². The Morgan fingerprint density at radius 3 is 2.26 bits per heavy atom. The summed E-state index contributed by atoms with van der Waals surface area (Å²) in [5.74, 6) is -1.08. The number of benzene rings is 1. The molecule has 0 unspecified atom stereocenters. The SMILES string of the molecule is CCC(C)(C)C(=O)Nc1cc(C(=O)O)c(C)cc1C. The molecule has 0 aliphatic carbocycles. The Labute approximate surface area is 113 Å². The van der Waals surface area contributed by atoms with Gasteiger partial charge in [-0.1, -0.05) is 26.8 Å². The highest BCUT2D eigenvalue weighted by atomic mass is 16.4. The van der Waals surface area contributed by atoms with Gasteiger partial charge in [0.15, 0.2) is 0 Å². The van der Waals surface area contributed by atoms with Crippen LogP contribution in [0, 0.1) is 19.3 Å². The van der Waals surface area contributed by atoms with Crippen molar-refractivity contribution in [3.8, 4) is 0 Å². The van der Waals surface area contributed by atoms with Crippen LogP contribution in [0.15, 0.2) is 12.1 Å². The number of aromatic carboxylic acids is 1. The second-order valence-corrected chi connectivity index (χ2v) is 5.48. The summed E-state index contributed by atoms with van der Waals surface area (Å²) < 4.78 is 0. The summed E-state index contributed by atoms with van der Waals surface area (Å²) in [6.07, 6.45) is 0.718. The van der Waals surface area contributed by atoms with E-state index < -0.39 is 11.4 Å². The van der Waals surface area contributed by atoms with Gasteiger partial charge in [-0.05, 0) is 37.5 Å². The van der Waals surface area contributed by atoms with E-state index in [1.54, 1.807) is 13.0 Å². The first-order valence-electron chi connectivity index (χ1n) is 6.35. The zero-order valence-electron chi connectivity index (χ0n) is 12.1. The van der Waals surface area contributed by atoms with E-state index in [1.165, 1.54) is 6.07 Å². The topological polar surface area (TPSA) is 66.4 Å². The largest absolute Gasteiger partial charge is 0.478 e. The summed E-state index contributed by atoms with van der Waals surface area (Å²) in [4.78, 5) is 23.2. The number of carboxylic acids is 1. The molecular formula is C15H21NO3. The molecule has 0 bridgehead atoms. The Bertz CT molecular complexity index is 518. The number of anilines is 1. The summed E-state index contributed by atoms with van der Waals surface area (Å²) in [6, 6.07) is 3.30. The molecule has 0 radical (unpaired) electrons. The number of hydrogen-bond donors (Lipinski definition) is 2. The molecule has 0 atom stereocenters. The number of carboxylic acid groups (broad SMARTS) is 1. The molecule has 0 saturated heterocycles. The molecule has 4 heteroatoms. The van der Waals surface area contributed by atoms with E-state index in [1.807, 2.05) is 27.7 Å². The van der Waals surface area contributed by atoms with Crippen molar-refractivity contribution in [1.82, 2.24) is 0 Å². The fourth-order valence-corrected chi connectivity index (χ4v) is 1.67. The van der Waals surface area contributed by atoms with Crippen LogP contribution in [-0.4, -0.2) is 17.0 Å². The van der Waals surface area contributed by atoms with Crippen LogP contribution in [0.1, 0.15) is 48.7 Å². The molecule has 1 aromatic carbocycles. The third kappa shape index (κ3) is 3.34. The van der Waals surface area contributed by atoms with E-state index in [2.05, 4.69) is 5.32 Å². The smallest absolute Gasteiger partial charge is 0.336 e. The van der Waals surface area contributed by atoms with Crippen LogP contribution in [0.3, 0.4) is 0 Å². The van der Waals surface area contributed by atoms with Gasteiger partial charge in [-0.15, -0.1) is 0 Å². The van der Waals surface area contributed by atoms with Gasteiger partial charge in [0, 0.05) is 11.1 Å². The Kier molecular flexibility index (Phi) is 4.35. The van der Waals surface area contributed by atoms with Crippen molar-refractivity contribution in [1.29, 1.82) is 0 Å². The number of nitrogens with one attached hydrogen (secondary N) is 1. The molecule has 104 valence electrons. The van der Waals surface area contributed by atoms with E-state index in [0.29, 0.717) is 11.3 Å². The highest BCUT2D eigenvalue weighted by molar-refractivity contribution is 5.97. The average molecular weight is 263 g/mol. The molecule has 0 spiro atoms. The summed E-state index contributed by atoms with van der Waals surface area (Å²) in [5.41, 5.74) is 1.87. The predicted molar refractivity (Wildman–Crippen MR) is 75.6 cm³/mol. The molecule has 1 amide bonds. The number of aryl methyl sites for hydroxylation is 2. The first kappa shape index (κ1) is 15.2. The van der Waals surface area contributed by atoms with Crippen LogP contribution < -0.4 is 5.32 Å². The highest BCUT2D eigenvalue weighted by Crippen LogP contribution is 2.25. The van der Waals surface area contributed by atoms with E-state index in [-0.39, 0.29) is 11.5 Å². The minimum absolute atomic E-state index is 0.0988. The van der Waals surface area contributed by atoms with Gasteiger partial charge in [-0.2, -0.15) is 0 Å². The monoisotopic (exact) mass is 263 g/mol. The van der Waals surface area contributed by atoms with Crippen molar-refractivity contribution in [2.24, 2.45) is 5.41 Å². The molecular weight excluding hydrogens is 242 g/mol. The molecule has 0 aromatic heterocycles. The van der Waals surface area contributed by atoms with Crippen molar-refractivity contribution in [3.63, 3.8) is 0 Å². The van der Waals surface area contributed by atoms with Gasteiger partial charge in [0.25, 0.3) is 0 Å². The van der Waals surface area contributed by atoms with Crippen LogP contribution in [0.4, 0.5) is 5.69 Å². The lowest BCUT2D eigenvalue weighted by atomic mass is 9.89. The molecule has 1 aromatic rings. The lowest BCUT2D eigenvalue weighted by Gasteiger charge is -2.22. The van der Waals surface area contributed by atoms with Gasteiger partial charge in [-0.3, -0.25) is 4.79 Å². The summed E-state index contributed by atoms with van der Waals surface area (Å²) in [5, 5.41) is 11.9. The number of hydrogen-bond acceptors (Lipinski definition) is 2. The maximum Gasteiger partial charge on any atom is 0.336 e. The lowest BCUT2D eigenvalue weighted by Crippen LogP contribution is -2.30. The van der Waals surface area contributed by atoms with Crippen molar-refractivity contribution < 1.29 is 14.7 Å². The number of carbonyl (C=O) groups is 2. The van der Waals surface area contributed by atoms with E-state index in [0.717, 1.165) is 12.0 Å². The summed E-state index contributed by atoms with van der Waals surface area (Å²) in [7, 11) is 0. The Balaban J connectivity index is 3.12. The highest BCUT2D eigenvalue weighted by Gasteiger charge is 2.26. The summed E-state index contributed by atoms with van der Waals surface area (Å²) >= 11 is 0. The molecule has 0 saturated carbocycles. The minimum atomic E-state index is -0.984. The Hall–Kier alpha value is -1.84. The predicted octanol–water partition coefficient (Wildman–Crippen LogP) is 3.38. The summed E-state index contributed by atoms with van der Waals surface area (Å²) in [6.45, 7) is 9.28. The van der Waals surface area contributed by atoms with Crippen molar-refractivity contribution >= 4 is 17.6 Å². The molecule has 0 heterocycles. The van der Waals surface area contributed by atoms with Crippen molar-refractivity contribution in [2.45, 2.75) is 41.0 Å². The third-order valence-corrected chi connectivity index (χ3v) is 3.55. The van der Waals surface area contributed by atoms with Crippen LogP contribution >= 0.6 is 0 Å². The molecule has 0 fully saturated rings. The van der Waals surface area contributed by atoms with E-state index in [9.17, 15) is 9.59 Å². The molecule has 19 heavy (non-hydrogen) atoms. The number of amides is 1. The van der Waals surface area contributed by atoms with Gasteiger partial charge in [0.1, 0.15) is 0 Å².